The number of Topliss-reactive ketones (excluding diaryl/α,β-unsaturated/α-hetero) is 1. The second-order valence-electron chi connectivity index (χ2n) is 4.28. The highest BCUT2D eigenvalue weighted by Crippen LogP contribution is 2.35. The van der Waals surface area contributed by atoms with Gasteiger partial charge in [-0.05, 0) is 47.2 Å². The van der Waals surface area contributed by atoms with Crippen molar-refractivity contribution in [3.63, 3.8) is 0 Å². The lowest BCUT2D eigenvalue weighted by Gasteiger charge is -2.11. The van der Waals surface area contributed by atoms with Crippen LogP contribution in [0.4, 0.5) is 0 Å². The van der Waals surface area contributed by atoms with E-state index in [9.17, 15) is 4.79 Å². The molecule has 0 saturated heterocycles. The van der Waals surface area contributed by atoms with Gasteiger partial charge in [-0.3, -0.25) is 4.79 Å². The van der Waals surface area contributed by atoms with Crippen LogP contribution in [0.5, 0.6) is 5.75 Å². The lowest BCUT2D eigenvalue weighted by atomic mass is 10.2. The molecule has 2 rings (SSSR count). The number of hydrogen-bond donors (Lipinski definition) is 0. The van der Waals surface area contributed by atoms with Crippen LogP contribution in [0.2, 0.25) is 10.2 Å². The van der Waals surface area contributed by atoms with Gasteiger partial charge in [0.15, 0.2) is 11.5 Å². The molecule has 20 heavy (non-hydrogen) atoms. The Hall–Kier alpha value is -0.590. The van der Waals surface area contributed by atoms with Crippen molar-refractivity contribution in [1.82, 2.24) is 4.98 Å². The van der Waals surface area contributed by atoms with Crippen LogP contribution in [-0.4, -0.2) is 17.4 Å². The number of ketones is 1. The predicted molar refractivity (Wildman–Crippen MR) is 89.9 cm³/mol. The third-order valence-corrected chi connectivity index (χ3v) is 4.03. The molecule has 3 nitrogen and oxygen atoms in total. The van der Waals surface area contributed by atoms with Crippen molar-refractivity contribution in [2.75, 3.05) is 6.61 Å². The van der Waals surface area contributed by atoms with Gasteiger partial charge in [-0.2, -0.15) is 0 Å². The third-order valence-electron chi connectivity index (χ3n) is 2.71. The van der Waals surface area contributed by atoms with E-state index >= 15 is 0 Å². The molecular formula is C14H12Cl2INO2. The summed E-state index contributed by atoms with van der Waals surface area (Å²) in [6.07, 6.45) is 1.32. The first-order valence-electron chi connectivity index (χ1n) is 6.11. The predicted octanol–water partition coefficient (Wildman–Crippen LogP) is 4.89. The molecule has 0 fully saturated rings. The minimum atomic E-state index is 0.0365. The molecule has 0 aliphatic heterocycles. The molecule has 0 spiro atoms. The van der Waals surface area contributed by atoms with E-state index < -0.39 is 0 Å². The first-order chi connectivity index (χ1) is 9.52. The molecule has 1 aromatic heterocycles. The SMILES string of the molecule is CCCC(=O)COc1c(I)cc(Cl)c2ccc(Cl)nc12. The zero-order chi connectivity index (χ0) is 14.7. The van der Waals surface area contributed by atoms with Crippen LogP contribution in [0, 0.1) is 3.57 Å². The number of fused-ring (bicyclic) bond motifs is 1. The summed E-state index contributed by atoms with van der Waals surface area (Å²) in [5.74, 6) is 0.616. The molecular weight excluding hydrogens is 412 g/mol. The standard InChI is InChI=1S/C14H12Cl2INO2/c1-2-3-8(19)7-20-14-11(17)6-10(15)9-4-5-12(16)18-13(9)14/h4-6H,2-3,7H2,1H3. The van der Waals surface area contributed by atoms with Crippen molar-refractivity contribution >= 4 is 62.5 Å². The topological polar surface area (TPSA) is 39.2 Å². The minimum Gasteiger partial charge on any atom is -0.482 e. The van der Waals surface area contributed by atoms with Crippen LogP contribution >= 0.6 is 45.8 Å². The van der Waals surface area contributed by atoms with Crippen molar-refractivity contribution in [1.29, 1.82) is 0 Å². The van der Waals surface area contributed by atoms with E-state index in [-0.39, 0.29) is 12.4 Å². The van der Waals surface area contributed by atoms with E-state index in [0.717, 1.165) is 15.4 Å². The summed E-state index contributed by atoms with van der Waals surface area (Å²) in [4.78, 5) is 15.9. The zero-order valence-electron chi connectivity index (χ0n) is 10.8. The second kappa shape index (κ2) is 6.91. The van der Waals surface area contributed by atoms with Gasteiger partial charge in [0.2, 0.25) is 0 Å². The highest BCUT2D eigenvalue weighted by Gasteiger charge is 2.14. The third kappa shape index (κ3) is 3.54. The van der Waals surface area contributed by atoms with Crippen molar-refractivity contribution in [2.24, 2.45) is 0 Å². The van der Waals surface area contributed by atoms with Crippen LogP contribution in [0.3, 0.4) is 0 Å². The average Bonchev–Trinajstić information content (AvgIpc) is 2.38. The minimum absolute atomic E-state index is 0.0365. The summed E-state index contributed by atoms with van der Waals surface area (Å²) in [5, 5.41) is 1.70. The molecule has 0 amide bonds. The van der Waals surface area contributed by atoms with Crippen molar-refractivity contribution in [3.05, 3.63) is 31.9 Å². The van der Waals surface area contributed by atoms with Crippen LogP contribution in [0.1, 0.15) is 19.8 Å². The highest BCUT2D eigenvalue weighted by atomic mass is 127. The number of rotatable bonds is 5. The Balaban J connectivity index is 2.41. The average molecular weight is 424 g/mol. The Morgan fingerprint density at radius 1 is 1.40 bits per heavy atom. The molecule has 106 valence electrons. The van der Waals surface area contributed by atoms with Gasteiger partial charge in [0.25, 0.3) is 0 Å². The fraction of sp³-hybridized carbons (Fsp3) is 0.286. The summed E-state index contributed by atoms with van der Waals surface area (Å²) in [6, 6.07) is 5.26. The molecule has 2 aromatic rings. The van der Waals surface area contributed by atoms with Gasteiger partial charge in [0.1, 0.15) is 17.3 Å². The number of pyridine rings is 1. The molecule has 0 aliphatic rings. The van der Waals surface area contributed by atoms with Crippen molar-refractivity contribution in [3.8, 4) is 5.75 Å². The number of ether oxygens (including phenoxy) is 1. The monoisotopic (exact) mass is 423 g/mol. The van der Waals surface area contributed by atoms with Gasteiger partial charge in [-0.15, -0.1) is 0 Å². The summed E-state index contributed by atoms with van der Waals surface area (Å²) in [7, 11) is 0. The molecule has 1 heterocycles. The molecule has 0 N–H and O–H groups in total. The summed E-state index contributed by atoms with van der Waals surface area (Å²) in [6.45, 7) is 2.00. The van der Waals surface area contributed by atoms with Crippen LogP contribution < -0.4 is 4.74 Å². The van der Waals surface area contributed by atoms with E-state index in [1.54, 1.807) is 18.2 Å². The lowest BCUT2D eigenvalue weighted by molar-refractivity contribution is -0.121. The van der Waals surface area contributed by atoms with E-state index in [1.165, 1.54) is 0 Å². The van der Waals surface area contributed by atoms with Crippen molar-refractivity contribution in [2.45, 2.75) is 19.8 Å². The Labute approximate surface area is 140 Å². The van der Waals surface area contributed by atoms with E-state index in [0.29, 0.717) is 27.9 Å². The largest absolute Gasteiger partial charge is 0.482 e. The van der Waals surface area contributed by atoms with E-state index in [4.69, 9.17) is 27.9 Å². The molecule has 0 bridgehead atoms. The van der Waals surface area contributed by atoms with Crippen molar-refractivity contribution < 1.29 is 9.53 Å². The molecule has 1 aromatic carbocycles. The van der Waals surface area contributed by atoms with Crippen LogP contribution in [-0.2, 0) is 4.79 Å². The molecule has 0 aliphatic carbocycles. The maximum atomic E-state index is 11.6. The van der Waals surface area contributed by atoms with Crippen LogP contribution in [0.25, 0.3) is 10.9 Å². The second-order valence-corrected chi connectivity index (χ2v) is 6.23. The van der Waals surface area contributed by atoms with Gasteiger partial charge >= 0.3 is 0 Å². The molecule has 6 heteroatoms. The maximum absolute atomic E-state index is 11.6. The van der Waals surface area contributed by atoms with E-state index in [1.807, 2.05) is 6.92 Å². The fourth-order valence-electron chi connectivity index (χ4n) is 1.81. The van der Waals surface area contributed by atoms with Gasteiger partial charge < -0.3 is 4.74 Å². The first-order valence-corrected chi connectivity index (χ1v) is 7.95. The summed E-state index contributed by atoms with van der Waals surface area (Å²) >= 11 is 14.2. The molecule has 0 unspecified atom stereocenters. The number of carbonyl (C=O) groups is 1. The number of nitrogens with zero attached hydrogens (tertiary/aromatic N) is 1. The Morgan fingerprint density at radius 2 is 2.15 bits per heavy atom. The maximum Gasteiger partial charge on any atom is 0.170 e. The lowest BCUT2D eigenvalue weighted by Crippen LogP contribution is -2.11. The normalized spacial score (nSPS) is 10.8. The zero-order valence-corrected chi connectivity index (χ0v) is 14.4. The smallest absolute Gasteiger partial charge is 0.170 e. The molecule has 0 radical (unpaired) electrons. The van der Waals surface area contributed by atoms with E-state index in [2.05, 4.69) is 27.6 Å². The summed E-state index contributed by atoms with van der Waals surface area (Å²) in [5.41, 5.74) is 0.582. The van der Waals surface area contributed by atoms with Crippen LogP contribution in [0.15, 0.2) is 18.2 Å². The Kier molecular flexibility index (Phi) is 5.46. The number of carbonyl (C=O) groups excluding carboxylic acids is 1. The van der Waals surface area contributed by atoms with Gasteiger partial charge in [-0.25, -0.2) is 4.98 Å². The van der Waals surface area contributed by atoms with Gasteiger partial charge in [0, 0.05) is 11.8 Å². The Morgan fingerprint density at radius 3 is 2.85 bits per heavy atom. The first kappa shape index (κ1) is 15.8. The van der Waals surface area contributed by atoms with Gasteiger partial charge in [0.05, 0.1) is 8.59 Å². The molecule has 0 atom stereocenters. The Bertz CT molecular complexity index is 661. The summed E-state index contributed by atoms with van der Waals surface area (Å²) < 4.78 is 6.44. The number of aromatic nitrogens is 1. The van der Waals surface area contributed by atoms with Gasteiger partial charge in [-0.1, -0.05) is 30.1 Å². The number of halogens is 3. The fourth-order valence-corrected chi connectivity index (χ4v) is 3.13. The number of benzene rings is 1. The number of hydrogen-bond acceptors (Lipinski definition) is 3. The quantitative estimate of drug-likeness (QED) is 0.507. The molecule has 0 saturated carbocycles. The highest BCUT2D eigenvalue weighted by molar-refractivity contribution is 14.1.